The second-order valence-corrected chi connectivity index (χ2v) is 8.19. The first-order valence-corrected chi connectivity index (χ1v) is 10.3. The Kier molecular flexibility index (Phi) is 4.48. The normalized spacial score (nSPS) is 16.2. The summed E-state index contributed by atoms with van der Waals surface area (Å²) in [5.74, 6) is 0.795. The predicted molar refractivity (Wildman–Crippen MR) is 114 cm³/mol. The number of fused-ring (bicyclic) bond motifs is 2. The number of piperazine rings is 1. The smallest absolute Gasteiger partial charge is 0.253 e. The van der Waals surface area contributed by atoms with E-state index in [9.17, 15) is 9.59 Å². The van der Waals surface area contributed by atoms with Crippen LogP contribution in [0.5, 0.6) is 0 Å². The Morgan fingerprint density at radius 2 is 1.90 bits per heavy atom. The van der Waals surface area contributed by atoms with Gasteiger partial charge in [-0.05, 0) is 17.7 Å². The molecule has 3 heterocycles. The maximum absolute atomic E-state index is 11.9. The summed E-state index contributed by atoms with van der Waals surface area (Å²) in [7, 11) is 1.68. The molecule has 1 saturated heterocycles. The Bertz CT molecular complexity index is 1150. The molecule has 2 aromatic carbocycles. The van der Waals surface area contributed by atoms with Crippen LogP contribution in [-0.4, -0.2) is 48.1 Å². The third kappa shape index (κ3) is 3.16. The van der Waals surface area contributed by atoms with Gasteiger partial charge in [0, 0.05) is 57.1 Å². The van der Waals surface area contributed by atoms with Crippen LogP contribution in [-0.2, 0) is 6.54 Å². The Hall–Kier alpha value is -2.91. The van der Waals surface area contributed by atoms with Crippen LogP contribution in [0.25, 0.3) is 0 Å². The molecule has 0 atom stereocenters. The van der Waals surface area contributed by atoms with Gasteiger partial charge in [0.25, 0.3) is 10.9 Å². The lowest BCUT2D eigenvalue weighted by Gasteiger charge is -2.37. The Morgan fingerprint density at radius 3 is 2.69 bits per heavy atom. The van der Waals surface area contributed by atoms with Crippen LogP contribution in [0.4, 0.5) is 22.9 Å². The molecule has 3 aromatic rings. The highest BCUT2D eigenvalue weighted by molar-refractivity contribution is 7.99. The van der Waals surface area contributed by atoms with E-state index in [1.807, 2.05) is 4.90 Å². The highest BCUT2D eigenvalue weighted by atomic mass is 32.2. The van der Waals surface area contributed by atoms with Gasteiger partial charge >= 0.3 is 0 Å². The van der Waals surface area contributed by atoms with E-state index in [1.54, 1.807) is 31.2 Å². The zero-order chi connectivity index (χ0) is 20.0. The van der Waals surface area contributed by atoms with Crippen LogP contribution in [0.1, 0.15) is 5.56 Å². The van der Waals surface area contributed by atoms with E-state index >= 15 is 0 Å². The molecule has 148 valence electrons. The molecule has 0 unspecified atom stereocenters. The minimum Gasteiger partial charge on any atom is -0.383 e. The summed E-state index contributed by atoms with van der Waals surface area (Å²) in [6.07, 6.45) is 3.39. The Labute approximate surface area is 171 Å². The van der Waals surface area contributed by atoms with Crippen molar-refractivity contribution < 1.29 is 0 Å². The minimum absolute atomic E-state index is 0.371. The fourth-order valence-corrected chi connectivity index (χ4v) is 4.76. The molecule has 2 aliphatic heterocycles. The summed E-state index contributed by atoms with van der Waals surface area (Å²) in [4.78, 5) is 37.8. The van der Waals surface area contributed by atoms with Gasteiger partial charge in [0.2, 0.25) is 0 Å². The first-order chi connectivity index (χ1) is 14.1. The fourth-order valence-electron chi connectivity index (χ4n) is 3.88. The van der Waals surface area contributed by atoms with Gasteiger partial charge in [0.05, 0.1) is 5.69 Å². The van der Waals surface area contributed by atoms with Gasteiger partial charge < -0.3 is 15.5 Å². The van der Waals surface area contributed by atoms with Crippen LogP contribution in [0, 0.1) is 0 Å². The van der Waals surface area contributed by atoms with E-state index in [-0.39, 0.29) is 5.43 Å². The molecule has 2 aliphatic rings. The topological polar surface area (TPSA) is 90.5 Å². The van der Waals surface area contributed by atoms with Gasteiger partial charge in [0.1, 0.15) is 16.4 Å². The molecule has 1 aromatic heterocycles. The summed E-state index contributed by atoms with van der Waals surface area (Å²) in [6.45, 7) is 4.00. The van der Waals surface area contributed by atoms with Crippen LogP contribution < -0.4 is 26.4 Å². The highest BCUT2D eigenvalue weighted by Crippen LogP contribution is 2.42. The molecular formula is C20H20N6O2S. The maximum Gasteiger partial charge on any atom is 0.253 e. The number of aromatic nitrogens is 2. The molecule has 0 saturated carbocycles. The number of rotatable bonds is 4. The van der Waals surface area contributed by atoms with Crippen molar-refractivity contribution in [3.63, 3.8) is 0 Å². The van der Waals surface area contributed by atoms with Crippen molar-refractivity contribution in [3.05, 3.63) is 56.6 Å². The SMILES string of the molecule is CNc1c(N2CCN(Cc3ccc4c(c3)Nc3nccnc3S4)CC2)c(=O)c1=O. The van der Waals surface area contributed by atoms with Gasteiger partial charge in [-0.25, -0.2) is 9.97 Å². The summed E-state index contributed by atoms with van der Waals surface area (Å²) in [5.41, 5.74) is 2.50. The second-order valence-electron chi connectivity index (χ2n) is 7.16. The standard InChI is InChI=1S/C20H20N6O2S/c1-21-15-16(18(28)17(15)27)26-8-6-25(7-9-26)11-12-2-3-14-13(10-12)24-19-20(29-14)23-5-4-22-19/h2-5,10,21H,6-9,11H2,1H3,(H,22,24). The number of benzene rings is 1. The monoisotopic (exact) mass is 408 g/mol. The predicted octanol–water partition coefficient (Wildman–Crippen LogP) is 1.64. The third-order valence-corrected chi connectivity index (χ3v) is 6.47. The molecule has 0 bridgehead atoms. The lowest BCUT2D eigenvalue weighted by molar-refractivity contribution is 0.249. The molecule has 2 N–H and O–H groups in total. The van der Waals surface area contributed by atoms with Gasteiger partial charge in [-0.2, -0.15) is 0 Å². The number of nitrogens with one attached hydrogen (secondary N) is 2. The van der Waals surface area contributed by atoms with Crippen LogP contribution in [0.3, 0.4) is 0 Å². The molecular weight excluding hydrogens is 388 g/mol. The first kappa shape index (κ1) is 18.1. The molecule has 9 heteroatoms. The van der Waals surface area contributed by atoms with Crippen LogP contribution in [0.2, 0.25) is 0 Å². The molecule has 0 spiro atoms. The Morgan fingerprint density at radius 1 is 1.10 bits per heavy atom. The van der Waals surface area contributed by atoms with E-state index < -0.39 is 5.43 Å². The van der Waals surface area contributed by atoms with E-state index in [2.05, 4.69) is 43.7 Å². The number of hydrogen-bond donors (Lipinski definition) is 2. The number of nitrogens with zero attached hydrogens (tertiary/aromatic N) is 4. The molecule has 1 fully saturated rings. The van der Waals surface area contributed by atoms with Crippen molar-refractivity contribution in [3.8, 4) is 0 Å². The average molecular weight is 408 g/mol. The molecule has 8 nitrogen and oxygen atoms in total. The average Bonchev–Trinajstić information content (AvgIpc) is 2.76. The van der Waals surface area contributed by atoms with Crippen LogP contribution in [0.15, 0.2) is 50.1 Å². The van der Waals surface area contributed by atoms with Gasteiger partial charge in [-0.15, -0.1) is 0 Å². The molecule has 0 amide bonds. The summed E-state index contributed by atoms with van der Waals surface area (Å²) in [5, 5.41) is 7.12. The van der Waals surface area contributed by atoms with Gasteiger partial charge in [-0.3, -0.25) is 14.5 Å². The second kappa shape index (κ2) is 7.16. The molecule has 0 aliphatic carbocycles. The van der Waals surface area contributed by atoms with E-state index in [4.69, 9.17) is 0 Å². The summed E-state index contributed by atoms with van der Waals surface area (Å²) in [6, 6.07) is 6.44. The van der Waals surface area contributed by atoms with Gasteiger partial charge in [0.15, 0.2) is 5.82 Å². The van der Waals surface area contributed by atoms with E-state index in [1.165, 1.54) is 5.56 Å². The zero-order valence-electron chi connectivity index (χ0n) is 15.9. The maximum atomic E-state index is 11.9. The van der Waals surface area contributed by atoms with Crippen molar-refractivity contribution >= 4 is 34.6 Å². The highest BCUT2D eigenvalue weighted by Gasteiger charge is 2.28. The van der Waals surface area contributed by atoms with E-state index in [0.29, 0.717) is 11.4 Å². The first-order valence-electron chi connectivity index (χ1n) is 9.51. The van der Waals surface area contributed by atoms with E-state index in [0.717, 1.165) is 54.2 Å². The minimum atomic E-state index is -0.407. The lowest BCUT2D eigenvalue weighted by Crippen LogP contribution is -2.51. The van der Waals surface area contributed by atoms with Gasteiger partial charge in [-0.1, -0.05) is 17.8 Å². The van der Waals surface area contributed by atoms with Crippen molar-refractivity contribution in [2.75, 3.05) is 48.8 Å². The fraction of sp³-hybridized carbons (Fsp3) is 0.300. The molecule has 5 rings (SSSR count). The summed E-state index contributed by atoms with van der Waals surface area (Å²) < 4.78 is 0. The Balaban J connectivity index is 1.24. The molecule has 29 heavy (non-hydrogen) atoms. The zero-order valence-corrected chi connectivity index (χ0v) is 16.8. The number of anilines is 4. The lowest BCUT2D eigenvalue weighted by atomic mass is 10.1. The quantitative estimate of drug-likeness (QED) is 0.489. The van der Waals surface area contributed by atoms with Crippen molar-refractivity contribution in [1.82, 2.24) is 14.9 Å². The third-order valence-electron chi connectivity index (χ3n) is 5.40. The number of hydrogen-bond acceptors (Lipinski definition) is 9. The van der Waals surface area contributed by atoms with Crippen molar-refractivity contribution in [2.45, 2.75) is 16.5 Å². The van der Waals surface area contributed by atoms with Crippen LogP contribution >= 0.6 is 11.8 Å². The van der Waals surface area contributed by atoms with Crippen molar-refractivity contribution in [2.24, 2.45) is 0 Å². The molecule has 0 radical (unpaired) electrons. The van der Waals surface area contributed by atoms with Crippen molar-refractivity contribution in [1.29, 1.82) is 0 Å². The summed E-state index contributed by atoms with van der Waals surface area (Å²) >= 11 is 1.63. The largest absolute Gasteiger partial charge is 0.383 e.